The summed E-state index contributed by atoms with van der Waals surface area (Å²) in [5.41, 5.74) is 0.491. The lowest BCUT2D eigenvalue weighted by molar-refractivity contribution is -0.143. The lowest BCUT2D eigenvalue weighted by Crippen LogP contribution is -2.36. The van der Waals surface area contributed by atoms with Crippen molar-refractivity contribution in [2.24, 2.45) is 5.92 Å². The van der Waals surface area contributed by atoms with Crippen LogP contribution < -0.4 is 5.32 Å². The molecule has 1 amide bonds. The SMILES string of the molecule is O=C(NCC1CCN(CC(F)(F)F)C1)C(O)c1ccccc1. The number of aliphatic hydroxyl groups is 1. The van der Waals surface area contributed by atoms with Gasteiger partial charge in [-0.2, -0.15) is 13.2 Å². The number of nitrogens with zero attached hydrogens (tertiary/aromatic N) is 1. The van der Waals surface area contributed by atoms with Gasteiger partial charge in [-0.3, -0.25) is 9.69 Å². The summed E-state index contributed by atoms with van der Waals surface area (Å²) in [5.74, 6) is -0.547. The van der Waals surface area contributed by atoms with Gasteiger partial charge >= 0.3 is 6.18 Å². The van der Waals surface area contributed by atoms with Gasteiger partial charge in [-0.05, 0) is 24.4 Å². The van der Waals surface area contributed by atoms with E-state index in [1.807, 2.05) is 0 Å². The Labute approximate surface area is 126 Å². The number of carbonyl (C=O) groups is 1. The number of likely N-dealkylation sites (tertiary alicyclic amines) is 1. The molecule has 1 saturated heterocycles. The lowest BCUT2D eigenvalue weighted by atomic mass is 10.1. The fraction of sp³-hybridized carbons (Fsp3) is 0.533. The highest BCUT2D eigenvalue weighted by molar-refractivity contribution is 5.81. The van der Waals surface area contributed by atoms with Gasteiger partial charge in [0.05, 0.1) is 6.54 Å². The molecule has 1 aliphatic rings. The minimum absolute atomic E-state index is 0.0192. The molecule has 2 unspecified atom stereocenters. The standard InChI is InChI=1S/C15H19F3N2O2/c16-15(17,18)10-20-7-6-11(9-20)8-19-14(22)13(21)12-4-2-1-3-5-12/h1-5,11,13,21H,6-10H2,(H,19,22). The summed E-state index contributed by atoms with van der Waals surface area (Å²) in [6, 6.07) is 8.51. The van der Waals surface area contributed by atoms with Gasteiger partial charge in [-0.25, -0.2) is 0 Å². The van der Waals surface area contributed by atoms with Gasteiger partial charge in [0.25, 0.3) is 5.91 Å². The molecule has 1 aromatic rings. The van der Waals surface area contributed by atoms with Crippen LogP contribution in [-0.2, 0) is 4.79 Å². The predicted molar refractivity (Wildman–Crippen MR) is 75.0 cm³/mol. The van der Waals surface area contributed by atoms with E-state index in [1.54, 1.807) is 30.3 Å². The number of nitrogens with one attached hydrogen (secondary N) is 1. The second-order valence-electron chi connectivity index (χ2n) is 5.56. The average Bonchev–Trinajstić information content (AvgIpc) is 2.90. The maximum atomic E-state index is 12.3. The van der Waals surface area contributed by atoms with Crippen molar-refractivity contribution in [3.05, 3.63) is 35.9 Å². The maximum Gasteiger partial charge on any atom is 0.401 e. The third-order valence-corrected chi connectivity index (χ3v) is 3.70. The number of amides is 1. The van der Waals surface area contributed by atoms with Crippen molar-refractivity contribution in [1.82, 2.24) is 10.2 Å². The molecule has 0 bridgehead atoms. The Hall–Kier alpha value is -1.60. The topological polar surface area (TPSA) is 52.6 Å². The molecule has 1 aromatic carbocycles. The van der Waals surface area contributed by atoms with Gasteiger partial charge in [0.2, 0.25) is 0 Å². The Morgan fingerprint density at radius 2 is 2.05 bits per heavy atom. The summed E-state index contributed by atoms with van der Waals surface area (Å²) in [5, 5.41) is 12.5. The molecular weight excluding hydrogens is 297 g/mol. The molecule has 2 N–H and O–H groups in total. The first kappa shape index (κ1) is 16.8. The van der Waals surface area contributed by atoms with E-state index >= 15 is 0 Å². The second kappa shape index (κ2) is 7.11. The van der Waals surface area contributed by atoms with E-state index in [9.17, 15) is 23.1 Å². The smallest absolute Gasteiger partial charge is 0.378 e. The molecule has 0 saturated carbocycles. The van der Waals surface area contributed by atoms with Crippen LogP contribution in [0.15, 0.2) is 30.3 Å². The monoisotopic (exact) mass is 316 g/mol. The van der Waals surface area contributed by atoms with Gasteiger partial charge in [-0.1, -0.05) is 30.3 Å². The first-order chi connectivity index (χ1) is 10.3. The van der Waals surface area contributed by atoms with Crippen LogP contribution in [-0.4, -0.2) is 48.3 Å². The number of rotatable bonds is 5. The van der Waals surface area contributed by atoms with Crippen LogP contribution >= 0.6 is 0 Å². The molecule has 122 valence electrons. The van der Waals surface area contributed by atoms with E-state index in [1.165, 1.54) is 4.90 Å². The summed E-state index contributed by atoms with van der Waals surface area (Å²) in [7, 11) is 0. The summed E-state index contributed by atoms with van der Waals surface area (Å²) in [6.07, 6.45) is -4.84. The van der Waals surface area contributed by atoms with Gasteiger partial charge in [0.1, 0.15) is 0 Å². The molecule has 7 heteroatoms. The van der Waals surface area contributed by atoms with Crippen LogP contribution in [0.2, 0.25) is 0 Å². The Balaban J connectivity index is 1.76. The molecule has 2 rings (SSSR count). The van der Waals surface area contributed by atoms with Crippen molar-refractivity contribution in [3.8, 4) is 0 Å². The molecule has 0 aromatic heterocycles. The van der Waals surface area contributed by atoms with Gasteiger partial charge in [0.15, 0.2) is 6.10 Å². The normalized spacial score (nSPS) is 20.8. The van der Waals surface area contributed by atoms with Crippen LogP contribution in [0, 0.1) is 5.92 Å². The summed E-state index contributed by atoms with van der Waals surface area (Å²) < 4.78 is 36.9. The highest BCUT2D eigenvalue weighted by atomic mass is 19.4. The fourth-order valence-corrected chi connectivity index (χ4v) is 2.60. The summed E-state index contributed by atoms with van der Waals surface area (Å²) >= 11 is 0. The number of alkyl halides is 3. The zero-order chi connectivity index (χ0) is 16.2. The van der Waals surface area contributed by atoms with Crippen molar-refractivity contribution < 1.29 is 23.1 Å². The zero-order valence-electron chi connectivity index (χ0n) is 12.0. The number of hydrogen-bond acceptors (Lipinski definition) is 3. The Morgan fingerprint density at radius 1 is 1.36 bits per heavy atom. The van der Waals surface area contributed by atoms with Crippen LogP contribution in [0.5, 0.6) is 0 Å². The molecule has 2 atom stereocenters. The highest BCUT2D eigenvalue weighted by Crippen LogP contribution is 2.22. The van der Waals surface area contributed by atoms with Crippen molar-refractivity contribution >= 4 is 5.91 Å². The Bertz CT molecular complexity index is 493. The van der Waals surface area contributed by atoms with Crippen molar-refractivity contribution in [1.29, 1.82) is 0 Å². The minimum Gasteiger partial charge on any atom is -0.378 e. The largest absolute Gasteiger partial charge is 0.401 e. The van der Waals surface area contributed by atoms with Crippen molar-refractivity contribution in [3.63, 3.8) is 0 Å². The Morgan fingerprint density at radius 3 is 2.68 bits per heavy atom. The quantitative estimate of drug-likeness (QED) is 0.870. The molecule has 1 fully saturated rings. The lowest BCUT2D eigenvalue weighted by Gasteiger charge is -2.18. The maximum absolute atomic E-state index is 12.3. The Kier molecular flexibility index (Phi) is 5.42. The van der Waals surface area contributed by atoms with E-state index < -0.39 is 24.7 Å². The third-order valence-electron chi connectivity index (χ3n) is 3.70. The molecule has 1 heterocycles. The van der Waals surface area contributed by atoms with E-state index in [4.69, 9.17) is 0 Å². The average molecular weight is 316 g/mol. The van der Waals surface area contributed by atoms with Gasteiger partial charge in [-0.15, -0.1) is 0 Å². The molecule has 4 nitrogen and oxygen atoms in total. The third kappa shape index (κ3) is 4.99. The molecule has 1 aliphatic heterocycles. The molecule has 0 aliphatic carbocycles. The number of carbonyl (C=O) groups excluding carboxylic acids is 1. The summed E-state index contributed by atoms with van der Waals surface area (Å²) in [4.78, 5) is 13.2. The van der Waals surface area contributed by atoms with E-state index in [-0.39, 0.29) is 12.5 Å². The van der Waals surface area contributed by atoms with E-state index in [0.717, 1.165) is 0 Å². The van der Waals surface area contributed by atoms with Gasteiger partial charge < -0.3 is 10.4 Å². The number of hydrogen-bond donors (Lipinski definition) is 2. The van der Waals surface area contributed by atoms with Crippen LogP contribution in [0.25, 0.3) is 0 Å². The van der Waals surface area contributed by atoms with Crippen molar-refractivity contribution in [2.75, 3.05) is 26.2 Å². The van der Waals surface area contributed by atoms with Crippen LogP contribution in [0.3, 0.4) is 0 Å². The van der Waals surface area contributed by atoms with E-state index in [0.29, 0.717) is 25.1 Å². The van der Waals surface area contributed by atoms with Crippen LogP contribution in [0.4, 0.5) is 13.2 Å². The summed E-state index contributed by atoms with van der Waals surface area (Å²) in [6.45, 7) is 0.0453. The first-order valence-electron chi connectivity index (χ1n) is 7.15. The van der Waals surface area contributed by atoms with Gasteiger partial charge in [0, 0.05) is 13.1 Å². The molecule has 0 radical (unpaired) electrons. The number of benzene rings is 1. The second-order valence-corrected chi connectivity index (χ2v) is 5.56. The molecule has 0 spiro atoms. The highest BCUT2D eigenvalue weighted by Gasteiger charge is 2.34. The molecule has 22 heavy (non-hydrogen) atoms. The zero-order valence-corrected chi connectivity index (χ0v) is 12.0. The van der Waals surface area contributed by atoms with E-state index in [2.05, 4.69) is 5.32 Å². The first-order valence-corrected chi connectivity index (χ1v) is 7.15. The fourth-order valence-electron chi connectivity index (χ4n) is 2.60. The number of aliphatic hydroxyl groups excluding tert-OH is 1. The number of halogens is 3. The van der Waals surface area contributed by atoms with Crippen LogP contribution in [0.1, 0.15) is 18.1 Å². The predicted octanol–water partition coefficient (Wildman–Crippen LogP) is 1.72. The minimum atomic E-state index is -4.19. The van der Waals surface area contributed by atoms with Crippen molar-refractivity contribution in [2.45, 2.75) is 18.7 Å². The molecular formula is C15H19F3N2O2.